The van der Waals surface area contributed by atoms with E-state index in [2.05, 4.69) is 0 Å². The maximum atomic E-state index is 11.0. The van der Waals surface area contributed by atoms with E-state index >= 15 is 0 Å². The number of phenolic OH excluding ortho intramolecular Hbond substituents is 3. The molecule has 0 bridgehead atoms. The minimum Gasteiger partial charge on any atom is -0.508 e. The zero-order valence-electron chi connectivity index (χ0n) is 17.7. The Labute approximate surface area is 190 Å². The van der Waals surface area contributed by atoms with Crippen LogP contribution < -0.4 is 0 Å². The van der Waals surface area contributed by atoms with Gasteiger partial charge in [-0.1, -0.05) is 78.9 Å². The van der Waals surface area contributed by atoms with E-state index in [0.29, 0.717) is 0 Å². The number of phenols is 3. The summed E-state index contributed by atoms with van der Waals surface area (Å²) in [6, 6.07) is 32.4. The Bertz CT molecular complexity index is 1690. The lowest BCUT2D eigenvalue weighted by atomic mass is 9.88. The van der Waals surface area contributed by atoms with Crippen LogP contribution in [0.15, 0.2) is 103 Å². The zero-order valence-corrected chi connectivity index (χ0v) is 17.7. The van der Waals surface area contributed by atoms with E-state index in [-0.39, 0.29) is 17.2 Å². The van der Waals surface area contributed by atoms with Gasteiger partial charge in [0.05, 0.1) is 0 Å². The minimum atomic E-state index is 0.186. The fraction of sp³-hybridized carbons (Fsp3) is 0. The van der Waals surface area contributed by atoms with Gasteiger partial charge in [0.25, 0.3) is 0 Å². The molecular weight excluding hydrogens is 408 g/mol. The minimum absolute atomic E-state index is 0.186. The van der Waals surface area contributed by atoms with Gasteiger partial charge in [0.2, 0.25) is 0 Å². The molecule has 0 unspecified atom stereocenters. The number of rotatable bonds is 2. The normalized spacial score (nSPS) is 11.4. The molecule has 3 N–H and O–H groups in total. The topological polar surface area (TPSA) is 60.7 Å². The molecule has 6 aromatic carbocycles. The number of fused-ring (bicyclic) bond motifs is 3. The molecular formula is C30H20O3. The molecule has 0 aliphatic carbocycles. The second kappa shape index (κ2) is 7.28. The highest BCUT2D eigenvalue weighted by Crippen LogP contribution is 2.44. The number of benzene rings is 6. The number of hydrogen-bond donors (Lipinski definition) is 3. The molecule has 0 aliphatic rings. The average molecular weight is 428 g/mol. The zero-order chi connectivity index (χ0) is 22.5. The van der Waals surface area contributed by atoms with Gasteiger partial charge in [0, 0.05) is 10.8 Å². The molecule has 158 valence electrons. The van der Waals surface area contributed by atoms with Gasteiger partial charge in [-0.05, 0) is 68.1 Å². The maximum absolute atomic E-state index is 11.0. The molecule has 0 radical (unpaired) electrons. The molecule has 0 heterocycles. The van der Waals surface area contributed by atoms with Crippen LogP contribution in [0.1, 0.15) is 0 Å². The lowest BCUT2D eigenvalue weighted by Crippen LogP contribution is -1.89. The van der Waals surface area contributed by atoms with Gasteiger partial charge < -0.3 is 15.3 Å². The summed E-state index contributed by atoms with van der Waals surface area (Å²) in [6.45, 7) is 0. The summed E-state index contributed by atoms with van der Waals surface area (Å²) >= 11 is 0. The molecule has 0 fully saturated rings. The average Bonchev–Trinajstić information content (AvgIpc) is 2.83. The van der Waals surface area contributed by atoms with Crippen molar-refractivity contribution < 1.29 is 15.3 Å². The van der Waals surface area contributed by atoms with Gasteiger partial charge in [-0.2, -0.15) is 0 Å². The van der Waals surface area contributed by atoms with Crippen molar-refractivity contribution >= 4 is 32.3 Å². The largest absolute Gasteiger partial charge is 0.508 e. The molecule has 6 aromatic rings. The Kier molecular flexibility index (Phi) is 4.24. The highest BCUT2D eigenvalue weighted by Gasteiger charge is 2.16. The Morgan fingerprint density at radius 2 is 0.970 bits per heavy atom. The lowest BCUT2D eigenvalue weighted by molar-refractivity contribution is 0.476. The van der Waals surface area contributed by atoms with E-state index in [1.807, 2.05) is 78.9 Å². The van der Waals surface area contributed by atoms with E-state index in [9.17, 15) is 15.3 Å². The van der Waals surface area contributed by atoms with E-state index in [0.717, 1.165) is 54.6 Å². The van der Waals surface area contributed by atoms with Crippen molar-refractivity contribution in [3.8, 4) is 39.5 Å². The van der Waals surface area contributed by atoms with E-state index < -0.39 is 0 Å². The first-order valence-electron chi connectivity index (χ1n) is 10.8. The van der Waals surface area contributed by atoms with Crippen molar-refractivity contribution in [1.82, 2.24) is 0 Å². The molecule has 3 heteroatoms. The third kappa shape index (κ3) is 2.98. The molecule has 0 spiro atoms. The molecule has 0 amide bonds. The summed E-state index contributed by atoms with van der Waals surface area (Å²) in [6.07, 6.45) is 0. The van der Waals surface area contributed by atoms with Gasteiger partial charge in [-0.15, -0.1) is 0 Å². The molecule has 0 atom stereocenters. The lowest BCUT2D eigenvalue weighted by Gasteiger charge is -2.16. The second-order valence-electron chi connectivity index (χ2n) is 8.25. The molecule has 6 rings (SSSR count). The van der Waals surface area contributed by atoms with E-state index in [1.54, 1.807) is 24.3 Å². The highest BCUT2D eigenvalue weighted by atomic mass is 16.3. The fourth-order valence-electron chi connectivity index (χ4n) is 4.89. The van der Waals surface area contributed by atoms with Crippen LogP contribution in [0.2, 0.25) is 0 Å². The van der Waals surface area contributed by atoms with Crippen molar-refractivity contribution in [2.24, 2.45) is 0 Å². The van der Waals surface area contributed by atoms with Crippen LogP contribution in [0, 0.1) is 0 Å². The third-order valence-electron chi connectivity index (χ3n) is 6.35. The summed E-state index contributed by atoms with van der Waals surface area (Å²) < 4.78 is 0. The van der Waals surface area contributed by atoms with Crippen molar-refractivity contribution in [3.63, 3.8) is 0 Å². The van der Waals surface area contributed by atoms with E-state index in [4.69, 9.17) is 0 Å². The summed E-state index contributed by atoms with van der Waals surface area (Å²) in [5.41, 5.74) is 3.65. The summed E-state index contributed by atoms with van der Waals surface area (Å²) in [7, 11) is 0. The standard InChI is InChI=1S/C30H20O3/c31-20-14-13-18-5-1-8-21(26(18)17-20)25-16-15-22(24-10-4-12-28(33)30(24)25)23-9-2-6-19-7-3-11-27(32)29(19)23/h1-17,31-33H. The van der Waals surface area contributed by atoms with Crippen LogP contribution in [0.3, 0.4) is 0 Å². The maximum Gasteiger partial charge on any atom is 0.124 e. The van der Waals surface area contributed by atoms with Gasteiger partial charge in [-0.25, -0.2) is 0 Å². The molecule has 0 saturated heterocycles. The first kappa shape index (κ1) is 19.2. The monoisotopic (exact) mass is 428 g/mol. The van der Waals surface area contributed by atoms with E-state index in [1.165, 1.54) is 0 Å². The van der Waals surface area contributed by atoms with Crippen molar-refractivity contribution in [3.05, 3.63) is 103 Å². The molecule has 33 heavy (non-hydrogen) atoms. The van der Waals surface area contributed by atoms with Gasteiger partial charge >= 0.3 is 0 Å². The predicted molar refractivity (Wildman–Crippen MR) is 135 cm³/mol. The molecule has 0 saturated carbocycles. The molecule has 0 aromatic heterocycles. The third-order valence-corrected chi connectivity index (χ3v) is 6.35. The number of aromatic hydroxyl groups is 3. The van der Waals surface area contributed by atoms with Crippen LogP contribution >= 0.6 is 0 Å². The smallest absolute Gasteiger partial charge is 0.124 e. The summed E-state index contributed by atoms with van der Waals surface area (Å²) in [5.74, 6) is 0.613. The highest BCUT2D eigenvalue weighted by molar-refractivity contribution is 6.14. The Morgan fingerprint density at radius 3 is 1.79 bits per heavy atom. The number of hydrogen-bond acceptors (Lipinski definition) is 3. The van der Waals surface area contributed by atoms with Gasteiger partial charge in [0.15, 0.2) is 0 Å². The van der Waals surface area contributed by atoms with Crippen LogP contribution in [0.25, 0.3) is 54.6 Å². The van der Waals surface area contributed by atoms with Crippen molar-refractivity contribution in [1.29, 1.82) is 0 Å². The molecule has 3 nitrogen and oxygen atoms in total. The predicted octanol–water partition coefficient (Wildman–Crippen LogP) is 7.60. The van der Waals surface area contributed by atoms with Crippen LogP contribution in [0.4, 0.5) is 0 Å². The van der Waals surface area contributed by atoms with Gasteiger partial charge in [-0.3, -0.25) is 0 Å². The quantitative estimate of drug-likeness (QED) is 0.266. The first-order valence-corrected chi connectivity index (χ1v) is 10.8. The SMILES string of the molecule is Oc1ccc2cccc(-c3ccc(-c4cccc5cccc(O)c45)c4cccc(O)c34)c2c1. The Hall–Kier alpha value is -4.50. The van der Waals surface area contributed by atoms with Crippen LogP contribution in [-0.4, -0.2) is 15.3 Å². The van der Waals surface area contributed by atoms with Crippen LogP contribution in [-0.2, 0) is 0 Å². The fourth-order valence-corrected chi connectivity index (χ4v) is 4.89. The Balaban J connectivity index is 1.71. The molecule has 0 aliphatic heterocycles. The first-order chi connectivity index (χ1) is 16.1. The van der Waals surface area contributed by atoms with Crippen molar-refractivity contribution in [2.45, 2.75) is 0 Å². The van der Waals surface area contributed by atoms with Gasteiger partial charge in [0.1, 0.15) is 17.2 Å². The summed E-state index contributed by atoms with van der Waals surface area (Å²) in [4.78, 5) is 0. The van der Waals surface area contributed by atoms with Crippen LogP contribution in [0.5, 0.6) is 17.2 Å². The Morgan fingerprint density at radius 1 is 0.394 bits per heavy atom. The van der Waals surface area contributed by atoms with Crippen molar-refractivity contribution in [2.75, 3.05) is 0 Å². The summed E-state index contributed by atoms with van der Waals surface area (Å²) in [5, 5.41) is 37.0. The second-order valence-corrected chi connectivity index (χ2v) is 8.25.